The van der Waals surface area contributed by atoms with Crippen molar-refractivity contribution in [3.63, 3.8) is 0 Å². The lowest BCUT2D eigenvalue weighted by Crippen LogP contribution is -2.06. The number of carbonyl (C=O) groups is 1. The topological polar surface area (TPSA) is 55.1 Å². The van der Waals surface area contributed by atoms with Crippen LogP contribution in [0, 0.1) is 13.8 Å². The van der Waals surface area contributed by atoms with Crippen molar-refractivity contribution >= 4 is 39.4 Å². The molecule has 0 saturated heterocycles. The van der Waals surface area contributed by atoms with E-state index in [9.17, 15) is 4.79 Å². The molecule has 1 amide bonds. The molecule has 0 saturated carbocycles. The van der Waals surface area contributed by atoms with Crippen molar-refractivity contribution in [3.05, 3.63) is 88.1 Å². The minimum Gasteiger partial charge on any atom is -0.457 e. The van der Waals surface area contributed by atoms with Crippen molar-refractivity contribution in [3.8, 4) is 0 Å². The number of aryl methyl sites for hydroxylation is 2. The lowest BCUT2D eigenvalue weighted by Gasteiger charge is -2.03. The Hall–Kier alpha value is -3.18. The van der Waals surface area contributed by atoms with Gasteiger partial charge in [0, 0.05) is 29.0 Å². The molecule has 2 aromatic carbocycles. The molecule has 0 fully saturated rings. The van der Waals surface area contributed by atoms with Gasteiger partial charge >= 0.3 is 0 Å². The first-order valence-corrected chi connectivity index (χ1v) is 9.86. The zero-order chi connectivity index (χ0) is 19.5. The van der Waals surface area contributed by atoms with Gasteiger partial charge < -0.3 is 4.42 Å². The zero-order valence-electron chi connectivity index (χ0n) is 15.7. The second kappa shape index (κ2) is 7.82. The van der Waals surface area contributed by atoms with Crippen LogP contribution in [0.5, 0.6) is 0 Å². The Morgan fingerprint density at radius 2 is 1.93 bits per heavy atom. The van der Waals surface area contributed by atoms with E-state index in [1.807, 2.05) is 36.5 Å². The van der Waals surface area contributed by atoms with E-state index in [-0.39, 0.29) is 5.91 Å². The molecule has 0 atom stereocenters. The molecule has 0 aliphatic rings. The smallest absolute Gasteiger partial charge is 0.250 e. The first-order chi connectivity index (χ1) is 13.5. The molecule has 0 unspecified atom stereocenters. The lowest BCUT2D eigenvalue weighted by molar-refractivity contribution is -0.111. The summed E-state index contributed by atoms with van der Waals surface area (Å²) in [7, 11) is 0. The molecule has 0 radical (unpaired) electrons. The summed E-state index contributed by atoms with van der Waals surface area (Å²) in [4.78, 5) is 17.6. The SMILES string of the molecule is Cc1cc(C)cc(Cc2cnc(NC(=O)/C=C/c3cc4ccccc4o3)s2)c1. The Morgan fingerprint density at radius 1 is 1.14 bits per heavy atom. The average molecular weight is 388 g/mol. The molecule has 2 aromatic heterocycles. The molecule has 4 aromatic rings. The quantitative estimate of drug-likeness (QED) is 0.443. The Morgan fingerprint density at radius 3 is 2.71 bits per heavy atom. The highest BCUT2D eigenvalue weighted by Gasteiger charge is 2.07. The van der Waals surface area contributed by atoms with Crippen molar-refractivity contribution < 1.29 is 9.21 Å². The first-order valence-electron chi connectivity index (χ1n) is 9.05. The van der Waals surface area contributed by atoms with Gasteiger partial charge in [-0.05, 0) is 37.6 Å². The van der Waals surface area contributed by atoms with E-state index in [4.69, 9.17) is 4.42 Å². The van der Waals surface area contributed by atoms with Crippen molar-refractivity contribution in [2.75, 3.05) is 5.32 Å². The minimum atomic E-state index is -0.229. The number of nitrogens with zero attached hydrogens (tertiary/aromatic N) is 1. The Labute approximate surface area is 167 Å². The van der Waals surface area contributed by atoms with Gasteiger partial charge in [-0.3, -0.25) is 10.1 Å². The fourth-order valence-corrected chi connectivity index (χ4v) is 4.06. The third-order valence-electron chi connectivity index (χ3n) is 4.29. The number of fused-ring (bicyclic) bond motifs is 1. The third-order valence-corrected chi connectivity index (χ3v) is 5.20. The van der Waals surface area contributed by atoms with Gasteiger partial charge in [-0.1, -0.05) is 47.5 Å². The summed E-state index contributed by atoms with van der Waals surface area (Å²) in [6.45, 7) is 4.20. The van der Waals surface area contributed by atoms with Crippen LogP contribution in [-0.4, -0.2) is 10.9 Å². The molecule has 1 N–H and O–H groups in total. The van der Waals surface area contributed by atoms with Gasteiger partial charge in [-0.2, -0.15) is 0 Å². The van der Waals surface area contributed by atoms with Gasteiger partial charge in [0.25, 0.3) is 0 Å². The highest BCUT2D eigenvalue weighted by atomic mass is 32.1. The summed E-state index contributed by atoms with van der Waals surface area (Å²) in [5.41, 5.74) is 4.56. The van der Waals surface area contributed by atoms with E-state index in [0.29, 0.717) is 10.9 Å². The van der Waals surface area contributed by atoms with E-state index >= 15 is 0 Å². The normalized spacial score (nSPS) is 11.4. The van der Waals surface area contributed by atoms with Crippen LogP contribution in [0.15, 0.2) is 65.2 Å². The number of nitrogens with one attached hydrogen (secondary N) is 1. The molecule has 5 heteroatoms. The zero-order valence-corrected chi connectivity index (χ0v) is 16.5. The summed E-state index contributed by atoms with van der Waals surface area (Å²) in [6.07, 6.45) is 5.76. The third kappa shape index (κ3) is 4.38. The summed E-state index contributed by atoms with van der Waals surface area (Å²) < 4.78 is 5.68. The first kappa shape index (κ1) is 18.2. The van der Waals surface area contributed by atoms with Gasteiger partial charge in [0.2, 0.25) is 5.91 Å². The van der Waals surface area contributed by atoms with E-state index in [0.717, 1.165) is 22.3 Å². The number of thiazole rings is 1. The van der Waals surface area contributed by atoms with Crippen LogP contribution >= 0.6 is 11.3 Å². The van der Waals surface area contributed by atoms with Crippen LogP contribution in [0.25, 0.3) is 17.0 Å². The van der Waals surface area contributed by atoms with E-state index in [1.54, 1.807) is 6.08 Å². The summed E-state index contributed by atoms with van der Waals surface area (Å²) in [6, 6.07) is 16.2. The fraction of sp³-hybridized carbons (Fsp3) is 0.130. The average Bonchev–Trinajstić information content (AvgIpc) is 3.25. The van der Waals surface area contributed by atoms with E-state index in [2.05, 4.69) is 42.3 Å². The van der Waals surface area contributed by atoms with Gasteiger partial charge in [0.1, 0.15) is 11.3 Å². The molecule has 28 heavy (non-hydrogen) atoms. The maximum atomic E-state index is 12.2. The molecule has 2 heterocycles. The number of benzene rings is 2. The number of rotatable bonds is 5. The molecule has 0 aliphatic heterocycles. The maximum Gasteiger partial charge on any atom is 0.250 e. The molecule has 0 bridgehead atoms. The second-order valence-corrected chi connectivity index (χ2v) is 7.93. The van der Waals surface area contributed by atoms with Crippen molar-refractivity contribution in [2.45, 2.75) is 20.3 Å². The van der Waals surface area contributed by atoms with Crippen LogP contribution in [0.1, 0.15) is 27.3 Å². The minimum absolute atomic E-state index is 0.229. The number of hydrogen-bond acceptors (Lipinski definition) is 4. The number of hydrogen-bond donors (Lipinski definition) is 1. The highest BCUT2D eigenvalue weighted by molar-refractivity contribution is 7.15. The second-order valence-electron chi connectivity index (χ2n) is 6.81. The van der Waals surface area contributed by atoms with E-state index < -0.39 is 0 Å². The van der Waals surface area contributed by atoms with Gasteiger partial charge in [0.05, 0.1) is 0 Å². The molecule has 0 aliphatic carbocycles. The Bertz CT molecular complexity index is 1120. The molecular weight excluding hydrogens is 368 g/mol. The van der Waals surface area contributed by atoms with Gasteiger partial charge in [0.15, 0.2) is 5.13 Å². The largest absolute Gasteiger partial charge is 0.457 e. The number of amides is 1. The number of anilines is 1. The van der Waals surface area contributed by atoms with Crippen molar-refractivity contribution in [1.29, 1.82) is 0 Å². The maximum absolute atomic E-state index is 12.2. The standard InChI is InChI=1S/C23H20N2O2S/c1-15-9-16(2)11-17(10-15)12-20-14-24-23(28-20)25-22(26)8-7-19-13-18-5-3-4-6-21(18)27-19/h3-11,13-14H,12H2,1-2H3,(H,24,25,26)/b8-7+. The predicted molar refractivity (Wildman–Crippen MR) is 115 cm³/mol. The summed E-state index contributed by atoms with van der Waals surface area (Å²) in [5.74, 6) is 0.416. The number of furan rings is 1. The van der Waals surface area contributed by atoms with Crippen molar-refractivity contribution in [1.82, 2.24) is 4.98 Å². The van der Waals surface area contributed by atoms with E-state index in [1.165, 1.54) is 34.1 Å². The Balaban J connectivity index is 1.39. The summed E-state index contributed by atoms with van der Waals surface area (Å²) >= 11 is 1.49. The van der Waals surface area contributed by atoms with Gasteiger partial charge in [-0.25, -0.2) is 4.98 Å². The van der Waals surface area contributed by atoms with Crippen LogP contribution in [0.4, 0.5) is 5.13 Å². The number of para-hydroxylation sites is 1. The lowest BCUT2D eigenvalue weighted by atomic mass is 10.0. The van der Waals surface area contributed by atoms with Crippen LogP contribution in [0.2, 0.25) is 0 Å². The monoisotopic (exact) mass is 388 g/mol. The molecular formula is C23H20N2O2S. The van der Waals surface area contributed by atoms with Crippen LogP contribution < -0.4 is 5.32 Å². The Kier molecular flexibility index (Phi) is 5.08. The van der Waals surface area contributed by atoms with Crippen LogP contribution in [-0.2, 0) is 11.2 Å². The van der Waals surface area contributed by atoms with Crippen LogP contribution in [0.3, 0.4) is 0 Å². The fourth-order valence-electron chi connectivity index (χ4n) is 3.21. The molecule has 4 rings (SSSR count). The number of aromatic nitrogens is 1. The predicted octanol–water partition coefficient (Wildman–Crippen LogP) is 5.75. The highest BCUT2D eigenvalue weighted by Crippen LogP contribution is 2.23. The molecule has 4 nitrogen and oxygen atoms in total. The summed E-state index contributed by atoms with van der Waals surface area (Å²) in [5, 5.41) is 4.42. The van der Waals surface area contributed by atoms with Crippen molar-refractivity contribution in [2.24, 2.45) is 0 Å². The number of carbonyl (C=O) groups excluding carboxylic acids is 1. The molecule has 140 valence electrons. The molecule has 0 spiro atoms. The van der Waals surface area contributed by atoms with Gasteiger partial charge in [-0.15, -0.1) is 11.3 Å².